The Bertz CT molecular complexity index is 1070. The molecule has 1 saturated heterocycles. The van der Waals surface area contributed by atoms with E-state index in [-0.39, 0.29) is 5.03 Å². The van der Waals surface area contributed by atoms with Crippen LogP contribution in [0.4, 0.5) is 0 Å². The minimum atomic E-state index is -5.74. The maximum absolute atomic E-state index is 12.1. The summed E-state index contributed by atoms with van der Waals surface area (Å²) in [7, 11) is -16.8. The van der Waals surface area contributed by atoms with Crippen molar-refractivity contribution in [2.24, 2.45) is 0 Å². The molecule has 0 spiro atoms. The zero-order valence-corrected chi connectivity index (χ0v) is 18.6. The number of hydrogen-bond donors (Lipinski definition) is 7. The number of ether oxygens (including phenoxy) is 1. The summed E-state index contributed by atoms with van der Waals surface area (Å²) in [5.41, 5.74) is -1.72. The number of thioether (sulfide) groups is 1. The molecule has 0 amide bonds. The predicted octanol–water partition coefficient (Wildman–Crippen LogP) is -1.78. The monoisotopic (exact) mass is 530 g/mol. The maximum Gasteiger partial charge on any atom is 0.490 e. The molecule has 1 aromatic rings. The number of aliphatic hydroxyl groups excluding tert-OH is 2. The molecule has 31 heavy (non-hydrogen) atoms. The van der Waals surface area contributed by atoms with Crippen LogP contribution >= 0.6 is 35.2 Å². The van der Waals surface area contributed by atoms with Crippen molar-refractivity contribution < 1.29 is 61.4 Å². The first-order valence-electron chi connectivity index (χ1n) is 7.75. The number of phosphoric ester groups is 1. The molecule has 1 aromatic heterocycles. The summed E-state index contributed by atoms with van der Waals surface area (Å²) in [6, 6.07) is 1.02. The van der Waals surface area contributed by atoms with E-state index in [1.807, 2.05) is 4.98 Å². The number of H-pyrrole nitrogens is 1. The van der Waals surface area contributed by atoms with Crippen LogP contribution in [0.2, 0.25) is 0 Å². The van der Waals surface area contributed by atoms with Crippen LogP contribution in [0.25, 0.3) is 0 Å². The molecule has 0 aliphatic carbocycles. The third-order valence-electron chi connectivity index (χ3n) is 3.56. The molecule has 1 aliphatic rings. The first-order valence-corrected chi connectivity index (χ1v) is 13.5. The van der Waals surface area contributed by atoms with Crippen molar-refractivity contribution in [2.75, 3.05) is 12.9 Å². The molecule has 2 unspecified atom stereocenters. The summed E-state index contributed by atoms with van der Waals surface area (Å²) >= 11 is 0.941. The molecule has 21 heteroatoms. The van der Waals surface area contributed by atoms with Crippen LogP contribution in [0.3, 0.4) is 0 Å². The van der Waals surface area contributed by atoms with Gasteiger partial charge in [-0.1, -0.05) is 0 Å². The summed E-state index contributed by atoms with van der Waals surface area (Å²) < 4.78 is 51.1. The Balaban J connectivity index is 2.14. The number of hydrogen-bond acceptors (Lipinski definition) is 12. The molecule has 0 radical (unpaired) electrons. The fourth-order valence-electron chi connectivity index (χ4n) is 2.43. The van der Waals surface area contributed by atoms with Gasteiger partial charge < -0.3 is 34.5 Å². The van der Waals surface area contributed by atoms with Crippen molar-refractivity contribution in [2.45, 2.75) is 29.6 Å². The van der Waals surface area contributed by atoms with Gasteiger partial charge in [0.25, 0.3) is 5.56 Å². The second-order valence-electron chi connectivity index (χ2n) is 5.78. The first-order chi connectivity index (χ1) is 14.1. The van der Waals surface area contributed by atoms with Gasteiger partial charge in [-0.25, -0.2) is 18.5 Å². The zero-order valence-electron chi connectivity index (χ0n) is 15.1. The van der Waals surface area contributed by atoms with Crippen molar-refractivity contribution in [3.8, 4) is 0 Å². The molecule has 0 aromatic carbocycles. The number of aliphatic hydroxyl groups is 2. The van der Waals surface area contributed by atoms with Gasteiger partial charge in [0.05, 0.1) is 11.6 Å². The normalized spacial score (nSPS) is 28.2. The summed E-state index contributed by atoms with van der Waals surface area (Å²) in [5.74, 6) is 0. The molecular formula is C10H17N2O15P3S. The molecule has 7 N–H and O–H groups in total. The number of phosphoric acid groups is 3. The van der Waals surface area contributed by atoms with E-state index in [4.69, 9.17) is 19.4 Å². The van der Waals surface area contributed by atoms with E-state index in [2.05, 4.69) is 13.1 Å². The fraction of sp³-hybridized carbons (Fsp3) is 0.600. The van der Waals surface area contributed by atoms with E-state index in [9.17, 15) is 38.4 Å². The lowest BCUT2D eigenvalue weighted by molar-refractivity contribution is -0.0582. The van der Waals surface area contributed by atoms with Gasteiger partial charge in [-0.15, -0.1) is 11.8 Å². The van der Waals surface area contributed by atoms with E-state index in [0.717, 1.165) is 22.4 Å². The van der Waals surface area contributed by atoms with Crippen LogP contribution in [-0.2, 0) is 31.6 Å². The van der Waals surface area contributed by atoms with Gasteiger partial charge in [0.2, 0.25) is 0 Å². The van der Waals surface area contributed by atoms with Crippen LogP contribution in [0.5, 0.6) is 0 Å². The molecular weight excluding hydrogens is 513 g/mol. The molecule has 17 nitrogen and oxygen atoms in total. The Kier molecular flexibility index (Phi) is 8.29. The lowest BCUT2D eigenvalue weighted by atomic mass is 10.1. The molecule has 1 aliphatic heterocycles. The highest BCUT2D eigenvalue weighted by molar-refractivity contribution is 7.98. The minimum absolute atomic E-state index is 0.0542. The summed E-state index contributed by atoms with van der Waals surface area (Å²) in [6.07, 6.45) is -5.21. The average Bonchev–Trinajstić information content (AvgIpc) is 2.84. The molecule has 6 atom stereocenters. The Morgan fingerprint density at radius 1 is 1.10 bits per heavy atom. The van der Waals surface area contributed by atoms with E-state index >= 15 is 0 Å². The van der Waals surface area contributed by atoms with Crippen LogP contribution in [0.15, 0.2) is 20.7 Å². The minimum Gasteiger partial charge on any atom is -0.387 e. The van der Waals surface area contributed by atoms with Crippen molar-refractivity contribution >= 4 is 35.2 Å². The van der Waals surface area contributed by atoms with Crippen molar-refractivity contribution in [1.29, 1.82) is 0 Å². The summed E-state index contributed by atoms with van der Waals surface area (Å²) in [4.78, 5) is 60.9. The lowest BCUT2D eigenvalue weighted by Crippen LogP contribution is -2.38. The molecule has 178 valence electrons. The fourth-order valence-corrected chi connectivity index (χ4v) is 6.07. The highest BCUT2D eigenvalue weighted by atomic mass is 32.2. The summed E-state index contributed by atoms with van der Waals surface area (Å²) in [6.45, 7) is -1.05. The van der Waals surface area contributed by atoms with E-state index in [1.165, 1.54) is 6.26 Å². The average molecular weight is 530 g/mol. The second kappa shape index (κ2) is 9.67. The maximum atomic E-state index is 12.1. The lowest BCUT2D eigenvalue weighted by Gasteiger charge is -2.20. The van der Waals surface area contributed by atoms with Crippen LogP contribution in [-0.4, -0.2) is 70.5 Å². The number of nitrogens with one attached hydrogen (secondary N) is 1. The Labute approximate surface area is 176 Å². The molecule has 2 rings (SSSR count). The number of rotatable bonds is 9. The van der Waals surface area contributed by atoms with Crippen LogP contribution < -0.4 is 11.2 Å². The zero-order chi connectivity index (χ0) is 23.8. The van der Waals surface area contributed by atoms with Crippen LogP contribution in [0, 0.1) is 0 Å². The van der Waals surface area contributed by atoms with Gasteiger partial charge in [-0.05, 0) is 6.26 Å². The van der Waals surface area contributed by atoms with E-state index < -0.39 is 65.9 Å². The Morgan fingerprint density at radius 3 is 2.26 bits per heavy atom. The van der Waals surface area contributed by atoms with Gasteiger partial charge in [0.1, 0.15) is 18.3 Å². The van der Waals surface area contributed by atoms with Gasteiger partial charge in [0, 0.05) is 6.07 Å². The smallest absolute Gasteiger partial charge is 0.387 e. The van der Waals surface area contributed by atoms with E-state index in [0.29, 0.717) is 0 Å². The Hall–Kier alpha value is -0.680. The van der Waals surface area contributed by atoms with Gasteiger partial charge in [-0.2, -0.15) is 8.62 Å². The highest BCUT2D eigenvalue weighted by Gasteiger charge is 2.47. The standard InChI is InChI=1S/C10H17N2O15P3S/c1-31-6-2-5(13)11-10(16)12(6)9-8(15)7(14)4(25-9)3-24-29(20,21)27-30(22,23)26-28(17,18)19/h2,4,7-9,14-15H,3H2,1H3,(H,20,21)(H,22,23)(H,11,13,16)(H2,17,18,19)/t4-,7-,8-,9-/m1/s1. The molecule has 0 saturated carbocycles. The number of nitrogens with zero attached hydrogens (tertiary/aromatic N) is 1. The third-order valence-corrected chi connectivity index (χ3v) is 8.10. The highest BCUT2D eigenvalue weighted by Crippen LogP contribution is 2.66. The summed E-state index contributed by atoms with van der Waals surface area (Å²) in [5, 5.41) is 20.3. The SMILES string of the molecule is CSc1cc(=O)[nH]c(=O)n1[C@@H]1O[C@H](COP(=O)(O)OP(=O)(O)OP(=O)(O)O)[C@@H](O)[C@H]1O. The van der Waals surface area contributed by atoms with E-state index in [1.54, 1.807) is 0 Å². The number of aromatic amines is 1. The van der Waals surface area contributed by atoms with Gasteiger partial charge in [-0.3, -0.25) is 18.9 Å². The number of aromatic nitrogens is 2. The predicted molar refractivity (Wildman–Crippen MR) is 98.8 cm³/mol. The van der Waals surface area contributed by atoms with Crippen molar-refractivity contribution in [3.63, 3.8) is 0 Å². The molecule has 0 bridgehead atoms. The van der Waals surface area contributed by atoms with Gasteiger partial charge >= 0.3 is 29.2 Å². The largest absolute Gasteiger partial charge is 0.490 e. The van der Waals surface area contributed by atoms with Crippen molar-refractivity contribution in [1.82, 2.24) is 9.55 Å². The van der Waals surface area contributed by atoms with Crippen molar-refractivity contribution in [3.05, 3.63) is 26.9 Å². The van der Waals surface area contributed by atoms with Gasteiger partial charge in [0.15, 0.2) is 6.23 Å². The van der Waals surface area contributed by atoms with Crippen LogP contribution in [0.1, 0.15) is 6.23 Å². The second-order valence-corrected chi connectivity index (χ2v) is 11.0. The quantitative estimate of drug-likeness (QED) is 0.106. The molecule has 1 fully saturated rings. The Morgan fingerprint density at radius 2 is 1.71 bits per heavy atom. The third kappa shape index (κ3) is 7.15. The topological polar surface area (TPSA) is 264 Å². The molecule has 2 heterocycles. The first kappa shape index (κ1) is 26.6.